The van der Waals surface area contributed by atoms with Crippen LogP contribution in [0.3, 0.4) is 0 Å². The Bertz CT molecular complexity index is 1220. The molecule has 8 heteroatoms. The molecule has 256 valence electrons. The second kappa shape index (κ2) is 15.6. The van der Waals surface area contributed by atoms with E-state index in [-0.39, 0.29) is 50.7 Å². The third-order valence-electron chi connectivity index (χ3n) is 11.0. The molecule has 0 aromatic heterocycles. The molecule has 8 nitrogen and oxygen atoms in total. The zero-order valence-corrected chi connectivity index (χ0v) is 28.4. The molecule has 0 spiro atoms. The van der Waals surface area contributed by atoms with Crippen molar-refractivity contribution in [2.24, 2.45) is 23.7 Å². The molecule has 6 atom stereocenters. The van der Waals surface area contributed by atoms with Crippen LogP contribution in [0, 0.1) is 23.7 Å². The summed E-state index contributed by atoms with van der Waals surface area (Å²) in [5.41, 5.74) is 8.28. The average molecular weight is 639 g/mol. The number of hydrogen-bond donors (Lipinski definition) is 6. The van der Waals surface area contributed by atoms with Crippen LogP contribution in [0.15, 0.2) is 24.3 Å². The predicted molar refractivity (Wildman–Crippen MR) is 180 cm³/mol. The van der Waals surface area contributed by atoms with Crippen LogP contribution in [0.4, 0.5) is 0 Å². The van der Waals surface area contributed by atoms with Crippen LogP contribution in [0.1, 0.15) is 110 Å². The van der Waals surface area contributed by atoms with Crippen molar-refractivity contribution < 1.29 is 30.6 Å². The van der Waals surface area contributed by atoms with Gasteiger partial charge in [0.2, 0.25) is 0 Å². The number of aliphatic hydroxyl groups excluding tert-OH is 6. The first-order valence-corrected chi connectivity index (χ1v) is 17.6. The van der Waals surface area contributed by atoms with Gasteiger partial charge in [-0.3, -0.25) is 9.80 Å². The maximum atomic E-state index is 10.6. The van der Waals surface area contributed by atoms with Gasteiger partial charge in [0, 0.05) is 38.3 Å². The summed E-state index contributed by atoms with van der Waals surface area (Å²) in [6, 6.07) is 8.68. The van der Waals surface area contributed by atoms with E-state index in [1.807, 2.05) is 24.3 Å². The lowest BCUT2D eigenvalue weighted by atomic mass is 9.78. The van der Waals surface area contributed by atoms with Gasteiger partial charge in [-0.05, 0) is 107 Å². The molecule has 2 aromatic rings. The van der Waals surface area contributed by atoms with Gasteiger partial charge in [-0.25, -0.2) is 0 Å². The van der Waals surface area contributed by atoms with Crippen molar-refractivity contribution in [1.29, 1.82) is 0 Å². The van der Waals surface area contributed by atoms with E-state index in [9.17, 15) is 30.6 Å². The van der Waals surface area contributed by atoms with Crippen molar-refractivity contribution >= 4 is 0 Å². The summed E-state index contributed by atoms with van der Waals surface area (Å²) < 4.78 is 0. The number of piperidine rings is 2. The molecule has 6 N–H and O–H groups in total. The van der Waals surface area contributed by atoms with Gasteiger partial charge in [-0.2, -0.15) is 0 Å². The van der Waals surface area contributed by atoms with Gasteiger partial charge in [0.25, 0.3) is 0 Å². The van der Waals surface area contributed by atoms with Crippen molar-refractivity contribution in [2.75, 3.05) is 26.2 Å². The van der Waals surface area contributed by atoms with Crippen molar-refractivity contribution in [1.82, 2.24) is 9.80 Å². The first-order chi connectivity index (χ1) is 22.1. The van der Waals surface area contributed by atoms with Gasteiger partial charge in [0.15, 0.2) is 0 Å². The van der Waals surface area contributed by atoms with Crippen LogP contribution < -0.4 is 0 Å². The Kier molecular flexibility index (Phi) is 12.0. The number of benzene rings is 2. The summed E-state index contributed by atoms with van der Waals surface area (Å²) in [7, 11) is 0. The van der Waals surface area contributed by atoms with Crippen molar-refractivity contribution in [2.45, 2.75) is 117 Å². The second-order valence-corrected chi connectivity index (χ2v) is 15.2. The fourth-order valence-corrected chi connectivity index (χ4v) is 8.75. The predicted octanol–water partition coefficient (Wildman–Crippen LogP) is 3.99. The number of aliphatic hydroxyl groups is 6. The molecule has 46 heavy (non-hydrogen) atoms. The lowest BCUT2D eigenvalue weighted by molar-refractivity contribution is -0.0192. The number of nitrogens with zero attached hydrogens (tertiary/aromatic N) is 2. The van der Waals surface area contributed by atoms with Crippen molar-refractivity contribution in [3.8, 4) is 0 Å². The standard InChI is InChI=1S/2C19H29NO3/c2*1-12(2)5-14-9-20-4-3-13-6-15(10-21)16(11-22)7-17(13)18(20)8-19(14)23/h2*6-7,12,14,18-19,21-23H,3-5,8-11H2,1-2H3/t2*14-,18+,19+/m10/s1. The summed E-state index contributed by atoms with van der Waals surface area (Å²) in [5, 5.41) is 59.3. The lowest BCUT2D eigenvalue weighted by Crippen LogP contribution is -2.48. The number of rotatable bonds is 8. The van der Waals surface area contributed by atoms with E-state index in [1.54, 1.807) is 0 Å². The van der Waals surface area contributed by atoms with Gasteiger partial charge in [-0.15, -0.1) is 0 Å². The molecule has 0 saturated carbocycles. The minimum Gasteiger partial charge on any atom is -0.393 e. The lowest BCUT2D eigenvalue weighted by Gasteiger charge is -2.46. The Hall–Kier alpha value is -1.88. The van der Waals surface area contributed by atoms with Crippen LogP contribution in [0.5, 0.6) is 0 Å². The average Bonchev–Trinajstić information content (AvgIpc) is 3.04. The first kappa shape index (κ1) is 35.4. The third-order valence-corrected chi connectivity index (χ3v) is 11.0. The number of fused-ring (bicyclic) bond motifs is 6. The quantitative estimate of drug-likeness (QED) is 0.256. The summed E-state index contributed by atoms with van der Waals surface area (Å²) in [4.78, 5) is 5.00. The van der Waals surface area contributed by atoms with Crippen LogP contribution in [-0.2, 0) is 39.3 Å². The van der Waals surface area contributed by atoms with E-state index in [4.69, 9.17) is 0 Å². The minimum atomic E-state index is -0.250. The highest BCUT2D eigenvalue weighted by Gasteiger charge is 2.40. The molecular weight excluding hydrogens is 580 g/mol. The second-order valence-electron chi connectivity index (χ2n) is 15.2. The van der Waals surface area contributed by atoms with Crippen molar-refractivity contribution in [3.63, 3.8) is 0 Å². The normalized spacial score (nSPS) is 27.8. The topological polar surface area (TPSA) is 128 Å². The van der Waals surface area contributed by atoms with E-state index in [2.05, 4.69) is 37.5 Å². The van der Waals surface area contributed by atoms with Gasteiger partial charge >= 0.3 is 0 Å². The van der Waals surface area contributed by atoms with Crippen LogP contribution in [0.25, 0.3) is 0 Å². The maximum absolute atomic E-state index is 10.6. The van der Waals surface area contributed by atoms with Crippen molar-refractivity contribution in [3.05, 3.63) is 68.8 Å². The van der Waals surface area contributed by atoms with Crippen LogP contribution in [-0.4, -0.2) is 78.8 Å². The molecule has 0 aliphatic carbocycles. The fraction of sp³-hybridized carbons (Fsp3) is 0.684. The highest BCUT2D eigenvalue weighted by Crippen LogP contribution is 2.42. The zero-order chi connectivity index (χ0) is 33.1. The molecule has 4 aliphatic rings. The molecule has 2 fully saturated rings. The summed E-state index contributed by atoms with van der Waals surface area (Å²) in [5.74, 6) is 1.94. The Morgan fingerprint density at radius 3 is 1.26 bits per heavy atom. The summed E-state index contributed by atoms with van der Waals surface area (Å²) >= 11 is 0. The monoisotopic (exact) mass is 638 g/mol. The zero-order valence-electron chi connectivity index (χ0n) is 28.4. The molecule has 2 aromatic carbocycles. The Balaban J connectivity index is 0.000000181. The summed E-state index contributed by atoms with van der Waals surface area (Å²) in [6.07, 6.45) is 5.15. The third kappa shape index (κ3) is 7.71. The molecular formula is C38H58N2O6. The van der Waals surface area contributed by atoms with Gasteiger partial charge in [0.1, 0.15) is 0 Å². The molecule has 0 bridgehead atoms. The Labute approximate surface area is 275 Å². The van der Waals surface area contributed by atoms with Gasteiger partial charge in [-0.1, -0.05) is 52.0 Å². The molecule has 6 rings (SSSR count). The van der Waals surface area contributed by atoms with Gasteiger partial charge in [0.05, 0.1) is 38.6 Å². The van der Waals surface area contributed by atoms with Crippen LogP contribution >= 0.6 is 0 Å². The highest BCUT2D eigenvalue weighted by molar-refractivity contribution is 5.43. The summed E-state index contributed by atoms with van der Waals surface area (Å²) in [6.45, 7) is 12.7. The minimum absolute atomic E-state index is 0.0311. The van der Waals surface area contributed by atoms with E-state index in [0.29, 0.717) is 23.7 Å². The maximum Gasteiger partial charge on any atom is 0.0685 e. The molecule has 2 saturated heterocycles. The molecule has 0 unspecified atom stereocenters. The largest absolute Gasteiger partial charge is 0.393 e. The molecule has 4 heterocycles. The van der Waals surface area contributed by atoms with Gasteiger partial charge < -0.3 is 30.6 Å². The van der Waals surface area contributed by atoms with E-state index < -0.39 is 0 Å². The molecule has 0 amide bonds. The molecule has 4 aliphatic heterocycles. The Morgan fingerprint density at radius 1 is 0.587 bits per heavy atom. The Morgan fingerprint density at radius 2 is 0.935 bits per heavy atom. The highest BCUT2D eigenvalue weighted by atomic mass is 16.3. The smallest absolute Gasteiger partial charge is 0.0685 e. The number of hydrogen-bond acceptors (Lipinski definition) is 8. The SMILES string of the molecule is CC(C)C[C@@H]1CN2CCc3cc(CO)c(CO)cc3[C@@H]2C[C@@H]1O.CC(C)C[C@H]1CN2CCc3cc(CO)c(CO)cc3[C@H]2C[C@H]1O. The van der Waals surface area contributed by atoms with E-state index >= 15 is 0 Å². The fourth-order valence-electron chi connectivity index (χ4n) is 8.75. The first-order valence-electron chi connectivity index (χ1n) is 17.6. The van der Waals surface area contributed by atoms with E-state index in [0.717, 1.165) is 87.0 Å². The van der Waals surface area contributed by atoms with Crippen LogP contribution in [0.2, 0.25) is 0 Å². The van der Waals surface area contributed by atoms with E-state index in [1.165, 1.54) is 22.3 Å². The molecule has 0 radical (unpaired) electrons.